The molecule has 1 amide bonds. The van der Waals surface area contributed by atoms with Gasteiger partial charge in [-0.05, 0) is 31.4 Å². The van der Waals surface area contributed by atoms with Gasteiger partial charge in [0.05, 0.1) is 37.1 Å². The van der Waals surface area contributed by atoms with E-state index in [0.717, 1.165) is 42.8 Å². The lowest BCUT2D eigenvalue weighted by Crippen LogP contribution is -2.43. The maximum absolute atomic E-state index is 12.7. The molecule has 4 heterocycles. The number of carbonyl (C=O) groups excluding carboxylic acids is 1. The molecule has 0 radical (unpaired) electrons. The van der Waals surface area contributed by atoms with Crippen LogP contribution < -0.4 is 5.32 Å². The summed E-state index contributed by atoms with van der Waals surface area (Å²) in [7, 11) is 0. The second-order valence-corrected chi connectivity index (χ2v) is 7.91. The van der Waals surface area contributed by atoms with Crippen molar-refractivity contribution in [3.8, 4) is 0 Å². The van der Waals surface area contributed by atoms with Crippen molar-refractivity contribution in [2.45, 2.75) is 44.2 Å². The molecule has 0 bridgehead atoms. The zero-order valence-corrected chi connectivity index (χ0v) is 15.3. The molecular weight excluding hydrogens is 344 g/mol. The number of rotatable bonds is 4. The predicted molar refractivity (Wildman–Crippen MR) is 97.9 cm³/mol. The van der Waals surface area contributed by atoms with E-state index in [0.29, 0.717) is 38.2 Å². The van der Waals surface area contributed by atoms with Crippen LogP contribution in [0.4, 0.5) is 5.95 Å². The molecule has 2 aliphatic heterocycles. The molecule has 1 N–H and O–H groups in total. The van der Waals surface area contributed by atoms with Crippen LogP contribution in [0.25, 0.3) is 0 Å². The Bertz CT molecular complexity index is 834. The summed E-state index contributed by atoms with van der Waals surface area (Å²) in [6, 6.07) is 3.78. The Kier molecular flexibility index (Phi) is 4.11. The number of fused-ring (bicyclic) bond motifs is 2. The lowest BCUT2D eigenvalue weighted by molar-refractivity contribution is -0.137. The molecule has 2 aromatic heterocycles. The third-order valence-corrected chi connectivity index (χ3v) is 6.12. The van der Waals surface area contributed by atoms with Gasteiger partial charge in [0, 0.05) is 30.8 Å². The number of ether oxygens (including phenoxy) is 1. The number of anilines is 1. The van der Waals surface area contributed by atoms with Gasteiger partial charge in [0.1, 0.15) is 5.76 Å². The minimum absolute atomic E-state index is 0.211. The van der Waals surface area contributed by atoms with E-state index < -0.39 is 0 Å². The van der Waals surface area contributed by atoms with E-state index in [2.05, 4.69) is 10.3 Å². The highest BCUT2D eigenvalue weighted by atomic mass is 16.5. The smallest absolute Gasteiger partial charge is 0.225 e. The minimum atomic E-state index is -0.211. The number of hydrogen-bond donors (Lipinski definition) is 1. The predicted octanol–water partition coefficient (Wildman–Crippen LogP) is 2.48. The molecule has 2 aromatic rings. The summed E-state index contributed by atoms with van der Waals surface area (Å²) < 4.78 is 11.2. The molecule has 3 aliphatic rings. The Morgan fingerprint density at radius 1 is 1.41 bits per heavy atom. The van der Waals surface area contributed by atoms with Gasteiger partial charge < -0.3 is 19.4 Å². The van der Waals surface area contributed by atoms with Crippen molar-refractivity contribution in [2.24, 2.45) is 5.92 Å². The maximum atomic E-state index is 12.7. The van der Waals surface area contributed by atoms with E-state index in [-0.39, 0.29) is 11.3 Å². The summed E-state index contributed by atoms with van der Waals surface area (Å²) in [5.41, 5.74) is 1.86. The molecule has 5 rings (SSSR count). The van der Waals surface area contributed by atoms with Crippen molar-refractivity contribution >= 4 is 11.9 Å². The highest BCUT2D eigenvalue weighted by Gasteiger charge is 2.47. The van der Waals surface area contributed by atoms with Gasteiger partial charge in [-0.3, -0.25) is 4.79 Å². The van der Waals surface area contributed by atoms with Crippen LogP contribution in [0, 0.1) is 5.92 Å². The van der Waals surface area contributed by atoms with Crippen LogP contribution in [0.3, 0.4) is 0 Å². The van der Waals surface area contributed by atoms with E-state index in [1.165, 1.54) is 6.42 Å². The lowest BCUT2D eigenvalue weighted by atomic mass is 9.80. The fraction of sp³-hybridized carbons (Fsp3) is 0.550. The second kappa shape index (κ2) is 6.64. The fourth-order valence-electron chi connectivity index (χ4n) is 4.35. The molecule has 27 heavy (non-hydrogen) atoms. The Hall–Kier alpha value is -2.41. The minimum Gasteiger partial charge on any atom is -0.467 e. The monoisotopic (exact) mass is 368 g/mol. The molecule has 0 unspecified atom stereocenters. The number of nitrogens with zero attached hydrogens (tertiary/aromatic N) is 3. The quantitative estimate of drug-likeness (QED) is 0.893. The van der Waals surface area contributed by atoms with Crippen LogP contribution >= 0.6 is 0 Å². The molecule has 0 aromatic carbocycles. The Morgan fingerprint density at radius 3 is 3.11 bits per heavy atom. The van der Waals surface area contributed by atoms with Crippen molar-refractivity contribution < 1.29 is 13.9 Å². The van der Waals surface area contributed by atoms with Crippen LogP contribution in [0.1, 0.15) is 42.7 Å². The summed E-state index contributed by atoms with van der Waals surface area (Å²) in [6.07, 6.45) is 7.66. The van der Waals surface area contributed by atoms with E-state index in [1.807, 2.05) is 23.2 Å². The Morgan fingerprint density at radius 2 is 2.33 bits per heavy atom. The first-order chi connectivity index (χ1) is 13.2. The van der Waals surface area contributed by atoms with Crippen molar-refractivity contribution in [2.75, 3.05) is 25.0 Å². The van der Waals surface area contributed by atoms with E-state index in [1.54, 1.807) is 6.26 Å². The molecule has 1 saturated heterocycles. The van der Waals surface area contributed by atoms with Gasteiger partial charge in [0.2, 0.25) is 11.9 Å². The standard InChI is InChI=1S/C20H24N4O3/c25-18(14-3-1-4-14)24-7-6-20(12-24)13-26-11-15-9-21-19(23-17(15)20)22-10-16-5-2-8-27-16/h2,5,8-9,14H,1,3-4,6-7,10-13H2,(H,21,22,23)/t20-/m0/s1. The van der Waals surface area contributed by atoms with E-state index in [9.17, 15) is 4.79 Å². The highest BCUT2D eigenvalue weighted by Crippen LogP contribution is 2.40. The van der Waals surface area contributed by atoms with Crippen molar-refractivity contribution in [1.82, 2.24) is 14.9 Å². The molecule has 1 saturated carbocycles. The van der Waals surface area contributed by atoms with Gasteiger partial charge in [-0.2, -0.15) is 0 Å². The maximum Gasteiger partial charge on any atom is 0.225 e. The van der Waals surface area contributed by atoms with Crippen molar-refractivity contribution in [3.05, 3.63) is 41.6 Å². The molecule has 1 aliphatic carbocycles. The largest absolute Gasteiger partial charge is 0.467 e. The van der Waals surface area contributed by atoms with Gasteiger partial charge in [-0.15, -0.1) is 0 Å². The van der Waals surface area contributed by atoms with Gasteiger partial charge in [0.15, 0.2) is 0 Å². The van der Waals surface area contributed by atoms with Crippen LogP contribution in [-0.4, -0.2) is 40.5 Å². The number of carbonyl (C=O) groups is 1. The number of hydrogen-bond acceptors (Lipinski definition) is 6. The third kappa shape index (κ3) is 3.00. The zero-order valence-electron chi connectivity index (χ0n) is 15.3. The average molecular weight is 368 g/mol. The van der Waals surface area contributed by atoms with E-state index >= 15 is 0 Å². The van der Waals surface area contributed by atoms with Crippen LogP contribution in [0.5, 0.6) is 0 Å². The highest BCUT2D eigenvalue weighted by molar-refractivity contribution is 5.80. The topological polar surface area (TPSA) is 80.5 Å². The van der Waals surface area contributed by atoms with Crippen LogP contribution in [0.15, 0.2) is 29.0 Å². The molecule has 7 nitrogen and oxygen atoms in total. The van der Waals surface area contributed by atoms with Gasteiger partial charge in [-0.25, -0.2) is 9.97 Å². The first-order valence-electron chi connectivity index (χ1n) is 9.73. The van der Waals surface area contributed by atoms with Crippen LogP contribution in [-0.2, 0) is 28.1 Å². The Balaban J connectivity index is 1.36. The van der Waals surface area contributed by atoms with Crippen molar-refractivity contribution in [3.63, 3.8) is 0 Å². The van der Waals surface area contributed by atoms with E-state index in [4.69, 9.17) is 14.1 Å². The van der Waals surface area contributed by atoms with Crippen molar-refractivity contribution in [1.29, 1.82) is 0 Å². The average Bonchev–Trinajstić information content (AvgIpc) is 3.30. The number of furan rings is 1. The molecular formula is C20H24N4O3. The normalized spacial score (nSPS) is 24.7. The zero-order chi connectivity index (χ0) is 18.3. The summed E-state index contributed by atoms with van der Waals surface area (Å²) in [4.78, 5) is 24.0. The number of aromatic nitrogens is 2. The molecule has 142 valence electrons. The van der Waals surface area contributed by atoms with Gasteiger partial charge in [-0.1, -0.05) is 6.42 Å². The third-order valence-electron chi connectivity index (χ3n) is 6.12. The fourth-order valence-corrected chi connectivity index (χ4v) is 4.35. The summed E-state index contributed by atoms with van der Waals surface area (Å²) in [5.74, 6) is 1.98. The first-order valence-corrected chi connectivity index (χ1v) is 9.73. The second-order valence-electron chi connectivity index (χ2n) is 7.91. The lowest BCUT2D eigenvalue weighted by Gasteiger charge is -2.35. The van der Waals surface area contributed by atoms with Gasteiger partial charge in [0.25, 0.3) is 0 Å². The molecule has 2 fully saturated rings. The summed E-state index contributed by atoms with van der Waals surface area (Å²) in [5, 5.41) is 3.24. The SMILES string of the molecule is O=C(C1CCC1)N1CC[C@@]2(COCc3cnc(NCc4ccco4)nc32)C1. The first kappa shape index (κ1) is 16.7. The summed E-state index contributed by atoms with van der Waals surface area (Å²) >= 11 is 0. The number of likely N-dealkylation sites (tertiary alicyclic amines) is 1. The Labute approximate surface area is 158 Å². The summed E-state index contributed by atoms with van der Waals surface area (Å²) in [6.45, 7) is 3.18. The number of amides is 1. The van der Waals surface area contributed by atoms with Crippen LogP contribution in [0.2, 0.25) is 0 Å². The van der Waals surface area contributed by atoms with Gasteiger partial charge >= 0.3 is 0 Å². The number of nitrogens with one attached hydrogen (secondary N) is 1. The molecule has 1 spiro atoms. The molecule has 7 heteroatoms. The molecule has 1 atom stereocenters.